The van der Waals surface area contributed by atoms with Crippen LogP contribution in [-0.4, -0.2) is 35.0 Å². The quantitative estimate of drug-likeness (QED) is 0.884. The summed E-state index contributed by atoms with van der Waals surface area (Å²) in [6, 6.07) is 2.44. The van der Waals surface area contributed by atoms with Gasteiger partial charge in [0.25, 0.3) is 0 Å². The Balaban J connectivity index is 1.90. The molecule has 1 unspecified atom stereocenters. The first kappa shape index (κ1) is 14.1. The Hall–Kier alpha value is -1.29. The van der Waals surface area contributed by atoms with Crippen molar-refractivity contribution < 1.29 is 4.79 Å². The number of nitrogens with zero attached hydrogens (tertiary/aromatic N) is 2. The van der Waals surface area contributed by atoms with Crippen molar-refractivity contribution in [3.8, 4) is 0 Å². The van der Waals surface area contributed by atoms with Gasteiger partial charge < -0.3 is 14.8 Å². The lowest BCUT2D eigenvalue weighted by Crippen LogP contribution is -2.37. The molecule has 1 saturated heterocycles. The third-order valence-corrected chi connectivity index (χ3v) is 3.81. The van der Waals surface area contributed by atoms with Crippen molar-refractivity contribution in [2.75, 3.05) is 19.6 Å². The summed E-state index contributed by atoms with van der Waals surface area (Å²) in [5.74, 6) is 0.248. The minimum Gasteiger partial charge on any atom is -0.345 e. The predicted molar refractivity (Wildman–Crippen MR) is 77.0 cm³/mol. The second-order valence-electron chi connectivity index (χ2n) is 5.34. The molecule has 19 heavy (non-hydrogen) atoms. The maximum atomic E-state index is 12.2. The van der Waals surface area contributed by atoms with Crippen LogP contribution in [0.5, 0.6) is 0 Å². The molecule has 0 saturated carbocycles. The third-order valence-electron chi connectivity index (χ3n) is 3.81. The summed E-state index contributed by atoms with van der Waals surface area (Å²) in [7, 11) is 0. The standard InChI is InChI=1S/C15H25N3O/c1-3-16-13(2)14-7-10-17(11-14)12-15(19)18-8-5-4-6-9-18/h7,10-11,13,16H,3-6,8-9,12H2,1-2H3. The van der Waals surface area contributed by atoms with E-state index in [1.807, 2.05) is 15.7 Å². The van der Waals surface area contributed by atoms with Gasteiger partial charge in [0.1, 0.15) is 6.54 Å². The monoisotopic (exact) mass is 263 g/mol. The Kier molecular flexibility index (Phi) is 5.02. The molecule has 1 N–H and O–H groups in total. The van der Waals surface area contributed by atoms with E-state index in [0.29, 0.717) is 12.6 Å². The van der Waals surface area contributed by atoms with Gasteiger partial charge in [-0.15, -0.1) is 0 Å². The number of hydrogen-bond donors (Lipinski definition) is 1. The van der Waals surface area contributed by atoms with Gasteiger partial charge in [0.2, 0.25) is 5.91 Å². The Morgan fingerprint density at radius 2 is 2.11 bits per heavy atom. The fraction of sp³-hybridized carbons (Fsp3) is 0.667. The third kappa shape index (κ3) is 3.83. The molecule has 1 aromatic heterocycles. The number of carbonyl (C=O) groups excluding carboxylic acids is 1. The zero-order valence-corrected chi connectivity index (χ0v) is 12.1. The molecule has 4 heteroatoms. The summed E-state index contributed by atoms with van der Waals surface area (Å²) in [6.45, 7) is 7.54. The largest absolute Gasteiger partial charge is 0.345 e. The highest BCUT2D eigenvalue weighted by atomic mass is 16.2. The normalized spacial score (nSPS) is 17.5. The van der Waals surface area contributed by atoms with Crippen LogP contribution in [-0.2, 0) is 11.3 Å². The SMILES string of the molecule is CCNC(C)c1ccn(CC(=O)N2CCCCC2)c1. The van der Waals surface area contributed by atoms with E-state index in [1.165, 1.54) is 12.0 Å². The number of rotatable bonds is 5. The van der Waals surface area contributed by atoms with Crippen molar-refractivity contribution in [2.45, 2.75) is 45.7 Å². The molecule has 0 aromatic carbocycles. The first-order valence-electron chi connectivity index (χ1n) is 7.37. The second-order valence-corrected chi connectivity index (χ2v) is 5.34. The fourth-order valence-electron chi connectivity index (χ4n) is 2.64. The van der Waals surface area contributed by atoms with Crippen LogP contribution in [0.15, 0.2) is 18.5 Å². The van der Waals surface area contributed by atoms with Gasteiger partial charge in [0.05, 0.1) is 0 Å². The molecule has 4 nitrogen and oxygen atoms in total. The topological polar surface area (TPSA) is 37.3 Å². The van der Waals surface area contributed by atoms with Crippen LogP contribution >= 0.6 is 0 Å². The van der Waals surface area contributed by atoms with Crippen molar-refractivity contribution >= 4 is 5.91 Å². The summed E-state index contributed by atoms with van der Waals surface area (Å²) in [5, 5.41) is 3.38. The first-order valence-corrected chi connectivity index (χ1v) is 7.37. The van der Waals surface area contributed by atoms with Gasteiger partial charge in [-0.1, -0.05) is 6.92 Å². The lowest BCUT2D eigenvalue weighted by molar-refractivity contribution is -0.132. The average molecular weight is 263 g/mol. The molecule has 1 aromatic rings. The highest BCUT2D eigenvalue weighted by Crippen LogP contribution is 2.14. The molecule has 1 atom stereocenters. The minimum atomic E-state index is 0.248. The van der Waals surface area contributed by atoms with Gasteiger partial charge in [-0.05, 0) is 44.4 Å². The highest BCUT2D eigenvalue weighted by Gasteiger charge is 2.16. The summed E-state index contributed by atoms with van der Waals surface area (Å²) in [4.78, 5) is 14.2. The summed E-state index contributed by atoms with van der Waals surface area (Å²) in [5.41, 5.74) is 1.24. The Morgan fingerprint density at radius 3 is 2.79 bits per heavy atom. The number of amides is 1. The molecule has 0 radical (unpaired) electrons. The molecule has 1 amide bonds. The molecule has 2 rings (SSSR count). The summed E-state index contributed by atoms with van der Waals surface area (Å²) < 4.78 is 2.00. The lowest BCUT2D eigenvalue weighted by Gasteiger charge is -2.26. The molecule has 1 aliphatic rings. The highest BCUT2D eigenvalue weighted by molar-refractivity contribution is 5.76. The maximum Gasteiger partial charge on any atom is 0.242 e. The van der Waals surface area contributed by atoms with E-state index < -0.39 is 0 Å². The molecule has 0 spiro atoms. The second kappa shape index (κ2) is 6.75. The molecular formula is C15H25N3O. The van der Waals surface area contributed by atoms with Gasteiger partial charge in [-0.2, -0.15) is 0 Å². The zero-order chi connectivity index (χ0) is 13.7. The van der Waals surface area contributed by atoms with Gasteiger partial charge in [-0.25, -0.2) is 0 Å². The molecule has 1 fully saturated rings. The van der Waals surface area contributed by atoms with E-state index in [0.717, 1.165) is 32.5 Å². The predicted octanol–water partition coefficient (Wildman–Crippen LogP) is 2.17. The van der Waals surface area contributed by atoms with Gasteiger partial charge in [0, 0.05) is 31.5 Å². The van der Waals surface area contributed by atoms with Crippen LogP contribution in [0.4, 0.5) is 0 Å². The van der Waals surface area contributed by atoms with Crippen molar-refractivity contribution in [3.05, 3.63) is 24.0 Å². The van der Waals surface area contributed by atoms with Crippen molar-refractivity contribution in [2.24, 2.45) is 0 Å². The number of nitrogens with one attached hydrogen (secondary N) is 1. The number of piperidine rings is 1. The van der Waals surface area contributed by atoms with Crippen molar-refractivity contribution in [1.29, 1.82) is 0 Å². The van der Waals surface area contributed by atoms with E-state index in [1.54, 1.807) is 0 Å². The molecular weight excluding hydrogens is 238 g/mol. The summed E-state index contributed by atoms with van der Waals surface area (Å²) in [6.07, 6.45) is 7.65. The van der Waals surface area contributed by atoms with E-state index >= 15 is 0 Å². The minimum absolute atomic E-state index is 0.248. The molecule has 2 heterocycles. The van der Waals surface area contributed by atoms with Crippen LogP contribution in [0.25, 0.3) is 0 Å². The van der Waals surface area contributed by atoms with Crippen LogP contribution < -0.4 is 5.32 Å². The first-order chi connectivity index (χ1) is 9.20. The average Bonchev–Trinajstić information content (AvgIpc) is 2.88. The Morgan fingerprint density at radius 1 is 1.37 bits per heavy atom. The zero-order valence-electron chi connectivity index (χ0n) is 12.1. The van der Waals surface area contributed by atoms with E-state index in [4.69, 9.17) is 0 Å². The smallest absolute Gasteiger partial charge is 0.242 e. The summed E-state index contributed by atoms with van der Waals surface area (Å²) >= 11 is 0. The van der Waals surface area contributed by atoms with Crippen molar-refractivity contribution in [3.63, 3.8) is 0 Å². The lowest BCUT2D eigenvalue weighted by atomic mass is 10.1. The Labute approximate surface area is 115 Å². The maximum absolute atomic E-state index is 12.2. The molecule has 0 bridgehead atoms. The van der Waals surface area contributed by atoms with Crippen LogP contribution in [0, 0.1) is 0 Å². The number of carbonyl (C=O) groups is 1. The molecule has 1 aliphatic heterocycles. The fourth-order valence-corrected chi connectivity index (χ4v) is 2.64. The van der Waals surface area contributed by atoms with Gasteiger partial charge in [0.15, 0.2) is 0 Å². The van der Waals surface area contributed by atoms with E-state index in [-0.39, 0.29) is 5.91 Å². The number of hydrogen-bond acceptors (Lipinski definition) is 2. The molecule has 0 aliphatic carbocycles. The van der Waals surface area contributed by atoms with Gasteiger partial charge >= 0.3 is 0 Å². The Bertz CT molecular complexity index is 407. The van der Waals surface area contributed by atoms with E-state index in [2.05, 4.69) is 31.4 Å². The van der Waals surface area contributed by atoms with E-state index in [9.17, 15) is 4.79 Å². The molecule has 106 valence electrons. The van der Waals surface area contributed by atoms with Crippen LogP contribution in [0.1, 0.15) is 44.7 Å². The number of likely N-dealkylation sites (tertiary alicyclic amines) is 1. The van der Waals surface area contributed by atoms with Crippen LogP contribution in [0.2, 0.25) is 0 Å². The van der Waals surface area contributed by atoms with Gasteiger partial charge in [-0.3, -0.25) is 4.79 Å². The number of aromatic nitrogens is 1. The van der Waals surface area contributed by atoms with Crippen molar-refractivity contribution in [1.82, 2.24) is 14.8 Å². The van der Waals surface area contributed by atoms with Crippen LogP contribution in [0.3, 0.4) is 0 Å².